The molecule has 0 aliphatic carbocycles. The van der Waals surface area contributed by atoms with E-state index in [-0.39, 0.29) is 10.8 Å². The Hall–Kier alpha value is -1.60. The Morgan fingerprint density at radius 1 is 1.44 bits per heavy atom. The van der Waals surface area contributed by atoms with Crippen molar-refractivity contribution in [3.8, 4) is 0 Å². The summed E-state index contributed by atoms with van der Waals surface area (Å²) in [5, 5.41) is 12.1. The molecule has 0 aromatic carbocycles. The van der Waals surface area contributed by atoms with E-state index in [1.54, 1.807) is 25.3 Å². The zero-order valence-corrected chi connectivity index (χ0v) is 11.7. The van der Waals surface area contributed by atoms with Crippen LogP contribution in [-0.4, -0.2) is 22.0 Å². The van der Waals surface area contributed by atoms with Crippen LogP contribution in [-0.2, 0) is 0 Å². The van der Waals surface area contributed by atoms with Crippen LogP contribution in [0, 0.1) is 6.92 Å². The molecule has 0 fully saturated rings. The van der Waals surface area contributed by atoms with E-state index in [2.05, 4.69) is 26.2 Å². The Labute approximate surface area is 115 Å². The first-order valence-corrected chi connectivity index (χ1v) is 6.57. The monoisotopic (exact) mass is 328 g/mol. The zero-order valence-electron chi connectivity index (χ0n) is 9.28. The molecule has 2 aromatic heterocycles. The number of carboxylic acids is 1. The number of amides is 1. The molecule has 5 nitrogen and oxygen atoms in total. The summed E-state index contributed by atoms with van der Waals surface area (Å²) in [6.45, 7) is 1.70. The van der Waals surface area contributed by atoms with Crippen LogP contribution >= 0.6 is 27.3 Å². The summed E-state index contributed by atoms with van der Waals surface area (Å²) >= 11 is 4.27. The van der Waals surface area contributed by atoms with Crippen molar-refractivity contribution in [2.24, 2.45) is 0 Å². The predicted octanol–water partition coefficient (Wildman–Crippen LogP) is 3.10. The topological polar surface area (TPSA) is 82.2 Å². The number of anilines is 1. The van der Waals surface area contributed by atoms with Crippen LogP contribution in [0.3, 0.4) is 0 Å². The number of H-pyrrole nitrogens is 1. The fraction of sp³-hybridized carbons (Fsp3) is 0.0909. The molecule has 0 unspecified atom stereocenters. The summed E-state index contributed by atoms with van der Waals surface area (Å²) in [6.07, 6.45) is 1.65. The lowest BCUT2D eigenvalue weighted by Crippen LogP contribution is -2.10. The van der Waals surface area contributed by atoms with Crippen molar-refractivity contribution in [2.45, 2.75) is 6.92 Å². The van der Waals surface area contributed by atoms with Gasteiger partial charge in [-0.2, -0.15) is 0 Å². The Morgan fingerprint density at radius 3 is 2.67 bits per heavy atom. The summed E-state index contributed by atoms with van der Waals surface area (Å²) in [6, 6.07) is 3.29. The highest BCUT2D eigenvalue weighted by Gasteiger charge is 2.15. The minimum Gasteiger partial charge on any atom is -0.477 e. The van der Waals surface area contributed by atoms with E-state index in [0.717, 1.165) is 15.8 Å². The standard InChI is InChI=1S/C11H9BrN2O3S/c1-5-2-8(18-9(5)11(16)17)14-10(15)7-3-6(12)4-13-7/h2-4,13H,1H3,(H,14,15)(H,16,17). The largest absolute Gasteiger partial charge is 0.477 e. The Kier molecular flexibility index (Phi) is 3.53. The number of rotatable bonds is 3. The second-order valence-electron chi connectivity index (χ2n) is 3.61. The van der Waals surface area contributed by atoms with Crippen molar-refractivity contribution in [1.29, 1.82) is 0 Å². The number of aromatic amines is 1. The van der Waals surface area contributed by atoms with Crippen molar-refractivity contribution in [1.82, 2.24) is 4.98 Å². The van der Waals surface area contributed by atoms with Gasteiger partial charge in [-0.15, -0.1) is 11.3 Å². The maximum Gasteiger partial charge on any atom is 0.346 e. The normalized spacial score (nSPS) is 10.3. The summed E-state index contributed by atoms with van der Waals surface area (Å²) in [5.74, 6) is -1.29. The minimum absolute atomic E-state index is 0.234. The lowest BCUT2D eigenvalue weighted by atomic mass is 10.3. The van der Waals surface area contributed by atoms with Gasteiger partial charge in [0.1, 0.15) is 10.6 Å². The molecular weight excluding hydrogens is 320 g/mol. The molecule has 2 rings (SSSR count). The number of halogens is 1. The highest BCUT2D eigenvalue weighted by Crippen LogP contribution is 2.27. The second kappa shape index (κ2) is 4.95. The Balaban J connectivity index is 2.17. The fourth-order valence-corrected chi connectivity index (χ4v) is 2.68. The number of carboxylic acid groups (broad SMARTS) is 1. The van der Waals surface area contributed by atoms with Gasteiger partial charge >= 0.3 is 5.97 Å². The Bertz CT molecular complexity index is 618. The van der Waals surface area contributed by atoms with Crippen LogP contribution in [0.4, 0.5) is 5.00 Å². The lowest BCUT2D eigenvalue weighted by Gasteiger charge is -1.98. The van der Waals surface area contributed by atoms with Crippen molar-refractivity contribution in [3.05, 3.63) is 38.9 Å². The number of hydrogen-bond acceptors (Lipinski definition) is 3. The number of aryl methyl sites for hydroxylation is 1. The molecule has 0 saturated carbocycles. The SMILES string of the molecule is Cc1cc(NC(=O)c2cc(Br)c[nH]2)sc1C(=O)O. The molecule has 0 saturated heterocycles. The number of aromatic carboxylic acids is 1. The molecule has 2 heterocycles. The number of nitrogens with one attached hydrogen (secondary N) is 2. The van der Waals surface area contributed by atoms with Gasteiger partial charge in [-0.1, -0.05) is 0 Å². The third-order valence-corrected chi connectivity index (χ3v) is 3.84. The van der Waals surface area contributed by atoms with Crippen LogP contribution in [0.1, 0.15) is 25.7 Å². The second-order valence-corrected chi connectivity index (χ2v) is 5.58. The first kappa shape index (κ1) is 12.8. The summed E-state index contributed by atoms with van der Waals surface area (Å²) in [7, 11) is 0. The molecule has 0 spiro atoms. The number of hydrogen-bond donors (Lipinski definition) is 3. The zero-order chi connectivity index (χ0) is 13.3. The predicted molar refractivity (Wildman–Crippen MR) is 72.5 cm³/mol. The van der Waals surface area contributed by atoms with Gasteiger partial charge in [0.05, 0.1) is 5.00 Å². The summed E-state index contributed by atoms with van der Waals surface area (Å²) < 4.78 is 0.779. The van der Waals surface area contributed by atoms with Crippen LogP contribution in [0.2, 0.25) is 0 Å². The van der Waals surface area contributed by atoms with Crippen molar-refractivity contribution < 1.29 is 14.7 Å². The first-order chi connectivity index (χ1) is 8.47. The average Bonchev–Trinajstić information content (AvgIpc) is 2.85. The third kappa shape index (κ3) is 2.62. The van der Waals surface area contributed by atoms with Crippen LogP contribution in [0.25, 0.3) is 0 Å². The highest BCUT2D eigenvalue weighted by atomic mass is 79.9. The van der Waals surface area contributed by atoms with E-state index in [0.29, 0.717) is 16.3 Å². The highest BCUT2D eigenvalue weighted by molar-refractivity contribution is 9.10. The van der Waals surface area contributed by atoms with Crippen LogP contribution < -0.4 is 5.32 Å². The molecule has 2 aromatic rings. The summed E-state index contributed by atoms with van der Waals surface area (Å²) in [4.78, 5) is 25.7. The van der Waals surface area contributed by atoms with Crippen molar-refractivity contribution in [3.63, 3.8) is 0 Å². The number of carbonyl (C=O) groups is 2. The van der Waals surface area contributed by atoms with E-state index in [1.807, 2.05) is 0 Å². The molecule has 94 valence electrons. The summed E-state index contributed by atoms with van der Waals surface area (Å²) in [5.41, 5.74) is 1.04. The number of carbonyl (C=O) groups excluding carboxylic acids is 1. The Morgan fingerprint density at radius 2 is 2.17 bits per heavy atom. The molecule has 0 aliphatic heterocycles. The molecule has 18 heavy (non-hydrogen) atoms. The molecule has 0 radical (unpaired) electrons. The molecule has 1 amide bonds. The number of thiophene rings is 1. The van der Waals surface area contributed by atoms with Crippen LogP contribution in [0.15, 0.2) is 22.8 Å². The maximum atomic E-state index is 11.8. The molecule has 0 atom stereocenters. The van der Waals surface area contributed by atoms with Gasteiger partial charge in [0, 0.05) is 10.7 Å². The molecular formula is C11H9BrN2O3S. The van der Waals surface area contributed by atoms with E-state index >= 15 is 0 Å². The average molecular weight is 329 g/mol. The van der Waals surface area contributed by atoms with Crippen LogP contribution in [0.5, 0.6) is 0 Å². The van der Waals surface area contributed by atoms with E-state index in [1.165, 1.54) is 0 Å². The van der Waals surface area contributed by atoms with Crippen molar-refractivity contribution >= 4 is 44.1 Å². The van der Waals surface area contributed by atoms with E-state index in [4.69, 9.17) is 5.11 Å². The smallest absolute Gasteiger partial charge is 0.346 e. The fourth-order valence-electron chi connectivity index (χ4n) is 1.43. The van der Waals surface area contributed by atoms with Gasteiger partial charge in [0.25, 0.3) is 5.91 Å². The van der Waals surface area contributed by atoms with E-state index < -0.39 is 5.97 Å². The maximum absolute atomic E-state index is 11.8. The third-order valence-electron chi connectivity index (χ3n) is 2.24. The molecule has 0 bridgehead atoms. The molecule has 7 heteroatoms. The molecule has 3 N–H and O–H groups in total. The van der Waals surface area contributed by atoms with Gasteiger partial charge in [-0.25, -0.2) is 4.79 Å². The lowest BCUT2D eigenvalue weighted by molar-refractivity contribution is 0.0701. The number of aromatic nitrogens is 1. The van der Waals surface area contributed by atoms with E-state index in [9.17, 15) is 9.59 Å². The van der Waals surface area contributed by atoms with Gasteiger partial charge in [-0.3, -0.25) is 4.79 Å². The molecule has 0 aliphatic rings. The quantitative estimate of drug-likeness (QED) is 0.809. The first-order valence-electron chi connectivity index (χ1n) is 4.96. The minimum atomic E-state index is -0.986. The van der Waals surface area contributed by atoms with Gasteiger partial charge in [0.15, 0.2) is 0 Å². The van der Waals surface area contributed by atoms with Gasteiger partial charge < -0.3 is 15.4 Å². The van der Waals surface area contributed by atoms with Gasteiger partial charge in [0.2, 0.25) is 0 Å². The van der Waals surface area contributed by atoms with Gasteiger partial charge in [-0.05, 0) is 40.5 Å². The van der Waals surface area contributed by atoms with Crippen molar-refractivity contribution in [2.75, 3.05) is 5.32 Å².